The van der Waals surface area contributed by atoms with Gasteiger partial charge in [-0.2, -0.15) is 0 Å². The average Bonchev–Trinajstić information content (AvgIpc) is 3.06. The molecule has 1 aliphatic rings. The van der Waals surface area contributed by atoms with Gasteiger partial charge in [-0.05, 0) is 33.7 Å². The number of likely N-dealkylation sites (N-methyl/N-ethyl adjacent to an activating group) is 1. The maximum atomic E-state index is 11.8. The van der Waals surface area contributed by atoms with Gasteiger partial charge in [-0.1, -0.05) is 12.8 Å². The first-order chi connectivity index (χ1) is 10.0. The van der Waals surface area contributed by atoms with E-state index in [0.29, 0.717) is 18.5 Å². The fourth-order valence-corrected chi connectivity index (χ4v) is 3.00. The minimum absolute atomic E-state index is 0.234. The van der Waals surface area contributed by atoms with Crippen LogP contribution in [0.4, 0.5) is 5.82 Å². The van der Waals surface area contributed by atoms with E-state index >= 15 is 0 Å². The van der Waals surface area contributed by atoms with Crippen molar-refractivity contribution < 1.29 is 9.53 Å². The Morgan fingerprint density at radius 1 is 1.48 bits per heavy atom. The third-order valence-electron chi connectivity index (χ3n) is 4.29. The summed E-state index contributed by atoms with van der Waals surface area (Å²) in [6.07, 6.45) is 5.22. The molecule has 2 rings (SSSR count). The lowest BCUT2D eigenvalue weighted by molar-refractivity contribution is 0.0521. The van der Waals surface area contributed by atoms with Crippen molar-refractivity contribution in [2.75, 3.05) is 25.9 Å². The van der Waals surface area contributed by atoms with Crippen LogP contribution in [0.2, 0.25) is 0 Å². The van der Waals surface area contributed by atoms with Crippen molar-refractivity contribution in [1.29, 1.82) is 0 Å². The highest BCUT2D eigenvalue weighted by molar-refractivity contribution is 5.92. The summed E-state index contributed by atoms with van der Waals surface area (Å²) in [6.45, 7) is 5.63. The van der Waals surface area contributed by atoms with Crippen molar-refractivity contribution in [3.63, 3.8) is 0 Å². The van der Waals surface area contributed by atoms with Gasteiger partial charge in [0.1, 0.15) is 11.6 Å². The second-order valence-electron chi connectivity index (χ2n) is 5.68. The van der Waals surface area contributed by atoms with Crippen LogP contribution in [0.1, 0.15) is 48.9 Å². The molecule has 0 aromatic carbocycles. The first kappa shape index (κ1) is 15.8. The number of esters is 1. The number of anilines is 1. The highest BCUT2D eigenvalue weighted by Crippen LogP contribution is 2.22. The minimum Gasteiger partial charge on any atom is -0.461 e. The summed E-state index contributed by atoms with van der Waals surface area (Å²) in [7, 11) is 2.16. The summed E-state index contributed by atoms with van der Waals surface area (Å²) in [5.41, 5.74) is 6.29. The third kappa shape index (κ3) is 3.56. The maximum absolute atomic E-state index is 11.8. The molecule has 1 saturated carbocycles. The number of nitrogen functional groups attached to an aromatic ring is 1. The molecule has 6 nitrogen and oxygen atoms in total. The van der Waals surface area contributed by atoms with Gasteiger partial charge in [0, 0.05) is 19.1 Å². The standard InChI is InChI=1S/C15H26N4O2/c1-4-21-15(20)13-14(16)19(11(2)17-13)10-9-18(3)12-7-5-6-8-12/h12H,4-10,16H2,1-3H3. The van der Waals surface area contributed by atoms with E-state index in [-0.39, 0.29) is 5.69 Å². The zero-order valence-electron chi connectivity index (χ0n) is 13.3. The zero-order valence-corrected chi connectivity index (χ0v) is 13.3. The molecule has 21 heavy (non-hydrogen) atoms. The van der Waals surface area contributed by atoms with Gasteiger partial charge >= 0.3 is 5.97 Å². The van der Waals surface area contributed by atoms with Crippen molar-refractivity contribution in [3.8, 4) is 0 Å². The van der Waals surface area contributed by atoms with E-state index in [2.05, 4.69) is 16.9 Å². The predicted octanol–water partition coefficient (Wildman–Crippen LogP) is 1.82. The van der Waals surface area contributed by atoms with Crippen LogP contribution in [0.5, 0.6) is 0 Å². The van der Waals surface area contributed by atoms with E-state index in [1.807, 2.05) is 11.5 Å². The number of carbonyl (C=O) groups is 1. The van der Waals surface area contributed by atoms with Gasteiger partial charge in [-0.15, -0.1) is 0 Å². The Morgan fingerprint density at radius 3 is 2.76 bits per heavy atom. The van der Waals surface area contributed by atoms with E-state index < -0.39 is 5.97 Å². The molecule has 1 fully saturated rings. The summed E-state index contributed by atoms with van der Waals surface area (Å²) >= 11 is 0. The van der Waals surface area contributed by atoms with E-state index in [1.54, 1.807) is 6.92 Å². The van der Waals surface area contributed by atoms with E-state index in [0.717, 1.165) is 18.9 Å². The Bertz CT molecular complexity index is 492. The van der Waals surface area contributed by atoms with Crippen LogP contribution in [0.25, 0.3) is 0 Å². The number of aromatic nitrogens is 2. The van der Waals surface area contributed by atoms with Crippen LogP contribution in [-0.2, 0) is 11.3 Å². The molecule has 6 heteroatoms. The predicted molar refractivity (Wildman–Crippen MR) is 82.2 cm³/mol. The van der Waals surface area contributed by atoms with Gasteiger partial charge in [-0.3, -0.25) is 0 Å². The smallest absolute Gasteiger partial charge is 0.360 e. The molecule has 0 saturated heterocycles. The van der Waals surface area contributed by atoms with Crippen LogP contribution >= 0.6 is 0 Å². The van der Waals surface area contributed by atoms with Crippen LogP contribution in [-0.4, -0.2) is 46.7 Å². The van der Waals surface area contributed by atoms with E-state index in [9.17, 15) is 4.79 Å². The molecule has 0 amide bonds. The molecule has 1 aromatic rings. The molecule has 0 radical (unpaired) electrons. The van der Waals surface area contributed by atoms with Crippen LogP contribution in [0.3, 0.4) is 0 Å². The monoisotopic (exact) mass is 294 g/mol. The lowest BCUT2D eigenvalue weighted by Crippen LogP contribution is -2.32. The molecule has 0 atom stereocenters. The molecular weight excluding hydrogens is 268 g/mol. The van der Waals surface area contributed by atoms with Crippen molar-refractivity contribution in [3.05, 3.63) is 11.5 Å². The highest BCUT2D eigenvalue weighted by atomic mass is 16.5. The Balaban J connectivity index is 2.01. The van der Waals surface area contributed by atoms with Crippen molar-refractivity contribution in [1.82, 2.24) is 14.5 Å². The Morgan fingerprint density at radius 2 is 2.14 bits per heavy atom. The Hall–Kier alpha value is -1.56. The van der Waals surface area contributed by atoms with Crippen LogP contribution < -0.4 is 5.73 Å². The topological polar surface area (TPSA) is 73.4 Å². The number of nitrogens with zero attached hydrogens (tertiary/aromatic N) is 3. The van der Waals surface area contributed by atoms with Crippen LogP contribution in [0.15, 0.2) is 0 Å². The third-order valence-corrected chi connectivity index (χ3v) is 4.29. The lowest BCUT2D eigenvalue weighted by atomic mass is 10.2. The number of rotatable bonds is 6. The number of hydrogen-bond acceptors (Lipinski definition) is 5. The molecule has 1 aliphatic carbocycles. The summed E-state index contributed by atoms with van der Waals surface area (Å²) in [5.74, 6) is 0.724. The molecular formula is C15H26N4O2. The molecule has 1 aromatic heterocycles. The fourth-order valence-electron chi connectivity index (χ4n) is 3.00. The first-order valence-electron chi connectivity index (χ1n) is 7.74. The zero-order chi connectivity index (χ0) is 15.4. The first-order valence-corrected chi connectivity index (χ1v) is 7.74. The molecule has 1 heterocycles. The number of aryl methyl sites for hydroxylation is 1. The Kier molecular flexibility index (Phi) is 5.22. The number of nitrogens with two attached hydrogens (primary N) is 1. The molecule has 2 N–H and O–H groups in total. The van der Waals surface area contributed by atoms with Gasteiger partial charge in [-0.25, -0.2) is 9.78 Å². The summed E-state index contributed by atoms with van der Waals surface area (Å²) in [4.78, 5) is 18.4. The van der Waals surface area contributed by atoms with Crippen molar-refractivity contribution in [2.24, 2.45) is 0 Å². The SMILES string of the molecule is CCOC(=O)c1nc(C)n(CCN(C)C2CCCC2)c1N. The quantitative estimate of drug-likeness (QED) is 0.810. The molecule has 0 spiro atoms. The van der Waals surface area contributed by atoms with Gasteiger partial charge < -0.3 is 19.9 Å². The average molecular weight is 294 g/mol. The molecule has 0 unspecified atom stereocenters. The fraction of sp³-hybridized carbons (Fsp3) is 0.733. The highest BCUT2D eigenvalue weighted by Gasteiger charge is 2.22. The maximum Gasteiger partial charge on any atom is 0.360 e. The minimum atomic E-state index is -0.444. The van der Waals surface area contributed by atoms with Gasteiger partial charge in [0.25, 0.3) is 0 Å². The molecule has 0 aliphatic heterocycles. The second-order valence-corrected chi connectivity index (χ2v) is 5.68. The summed E-state index contributed by atoms with van der Waals surface area (Å²) in [5, 5.41) is 0. The summed E-state index contributed by atoms with van der Waals surface area (Å²) in [6, 6.07) is 0.680. The number of hydrogen-bond donors (Lipinski definition) is 1. The lowest BCUT2D eigenvalue weighted by Gasteiger charge is -2.24. The van der Waals surface area contributed by atoms with Crippen molar-refractivity contribution >= 4 is 11.8 Å². The summed E-state index contributed by atoms with van der Waals surface area (Å²) < 4.78 is 6.88. The number of imidazole rings is 1. The molecule has 118 valence electrons. The Labute approximate surface area is 126 Å². The number of carbonyl (C=O) groups excluding carboxylic acids is 1. The molecule has 0 bridgehead atoms. The second kappa shape index (κ2) is 6.93. The van der Waals surface area contributed by atoms with Gasteiger partial charge in [0.15, 0.2) is 5.69 Å². The van der Waals surface area contributed by atoms with Crippen molar-refractivity contribution in [2.45, 2.75) is 52.1 Å². The van der Waals surface area contributed by atoms with E-state index in [1.165, 1.54) is 25.7 Å². The number of ether oxygens (including phenoxy) is 1. The van der Waals surface area contributed by atoms with Gasteiger partial charge in [0.2, 0.25) is 0 Å². The largest absolute Gasteiger partial charge is 0.461 e. The van der Waals surface area contributed by atoms with Crippen LogP contribution in [0, 0.1) is 6.92 Å². The normalized spacial score (nSPS) is 15.8. The van der Waals surface area contributed by atoms with Gasteiger partial charge in [0.05, 0.1) is 6.61 Å². The van der Waals surface area contributed by atoms with E-state index in [4.69, 9.17) is 10.5 Å².